The van der Waals surface area contributed by atoms with Gasteiger partial charge in [-0.2, -0.15) is 0 Å². The molecule has 1 fully saturated rings. The van der Waals surface area contributed by atoms with Gasteiger partial charge in [0.25, 0.3) is 5.91 Å². The van der Waals surface area contributed by atoms with Crippen molar-refractivity contribution in [2.24, 2.45) is 0 Å². The van der Waals surface area contributed by atoms with E-state index < -0.39 is 0 Å². The number of hydrogen-bond donors (Lipinski definition) is 2. The van der Waals surface area contributed by atoms with Crippen LogP contribution >= 0.6 is 11.3 Å². The van der Waals surface area contributed by atoms with Crippen molar-refractivity contribution in [3.63, 3.8) is 0 Å². The van der Waals surface area contributed by atoms with Crippen LogP contribution in [0, 0.1) is 13.8 Å². The summed E-state index contributed by atoms with van der Waals surface area (Å²) in [5, 5.41) is 6.24. The largest absolute Gasteiger partial charge is 0.378 e. The lowest BCUT2D eigenvalue weighted by Gasteiger charge is -2.23. The molecule has 2 rings (SSSR count). The maximum Gasteiger partial charge on any atom is 0.261 e. The number of rotatable bonds is 3. The Labute approximate surface area is 105 Å². The second-order valence-corrected chi connectivity index (χ2v) is 5.54. The third-order valence-corrected chi connectivity index (χ3v) is 4.05. The number of ether oxygens (including phenoxy) is 1. The molecule has 94 valence electrons. The molecule has 0 saturated carbocycles. The smallest absolute Gasteiger partial charge is 0.261 e. The van der Waals surface area contributed by atoms with Crippen LogP contribution in [0.25, 0.3) is 0 Å². The summed E-state index contributed by atoms with van der Waals surface area (Å²) in [6, 6.07) is 2.18. The van der Waals surface area contributed by atoms with E-state index >= 15 is 0 Å². The van der Waals surface area contributed by atoms with Crippen LogP contribution in [0.15, 0.2) is 6.07 Å². The fourth-order valence-corrected chi connectivity index (χ4v) is 2.69. The summed E-state index contributed by atoms with van der Waals surface area (Å²) >= 11 is 1.55. The van der Waals surface area contributed by atoms with Crippen LogP contribution in [-0.2, 0) is 4.74 Å². The molecule has 1 aliphatic heterocycles. The molecule has 1 aromatic rings. The predicted molar refractivity (Wildman–Crippen MR) is 68.7 cm³/mol. The number of amides is 1. The number of nitrogens with one attached hydrogen (secondary N) is 2. The van der Waals surface area contributed by atoms with Crippen LogP contribution in [0.1, 0.15) is 20.1 Å². The first-order chi connectivity index (χ1) is 8.16. The van der Waals surface area contributed by atoms with Gasteiger partial charge < -0.3 is 15.4 Å². The normalized spacial score (nSPS) is 20.2. The highest BCUT2D eigenvalue weighted by Crippen LogP contribution is 2.20. The number of aryl methyl sites for hydroxylation is 2. The van der Waals surface area contributed by atoms with Gasteiger partial charge in [0.1, 0.15) is 0 Å². The SMILES string of the molecule is Cc1cc(C(=O)NCC2COCCN2)sc1C. The molecule has 0 spiro atoms. The van der Waals surface area contributed by atoms with Crippen molar-refractivity contribution in [3.05, 3.63) is 21.4 Å². The average molecular weight is 254 g/mol. The van der Waals surface area contributed by atoms with Crippen LogP contribution in [0.5, 0.6) is 0 Å². The van der Waals surface area contributed by atoms with Gasteiger partial charge in [0.05, 0.1) is 18.1 Å². The fourth-order valence-electron chi connectivity index (χ4n) is 1.74. The molecule has 1 saturated heterocycles. The van der Waals surface area contributed by atoms with Crippen molar-refractivity contribution in [1.82, 2.24) is 10.6 Å². The molecular weight excluding hydrogens is 236 g/mol. The van der Waals surface area contributed by atoms with Crippen LogP contribution in [0.2, 0.25) is 0 Å². The second kappa shape index (κ2) is 5.62. The zero-order valence-corrected chi connectivity index (χ0v) is 11.0. The minimum absolute atomic E-state index is 0.0126. The number of hydrogen-bond acceptors (Lipinski definition) is 4. The lowest BCUT2D eigenvalue weighted by Crippen LogP contribution is -2.48. The van der Waals surface area contributed by atoms with Crippen molar-refractivity contribution >= 4 is 17.2 Å². The topological polar surface area (TPSA) is 50.4 Å². The Balaban J connectivity index is 1.84. The first kappa shape index (κ1) is 12.5. The Morgan fingerprint density at radius 2 is 2.47 bits per heavy atom. The maximum atomic E-state index is 11.9. The van der Waals surface area contributed by atoms with E-state index in [9.17, 15) is 4.79 Å². The Bertz CT molecular complexity index is 378. The van der Waals surface area contributed by atoms with E-state index in [1.165, 1.54) is 10.4 Å². The number of carbonyl (C=O) groups excluding carboxylic acids is 1. The zero-order chi connectivity index (χ0) is 12.3. The van der Waals surface area contributed by atoms with Crippen LogP contribution < -0.4 is 10.6 Å². The van der Waals surface area contributed by atoms with Crippen molar-refractivity contribution in [2.45, 2.75) is 19.9 Å². The lowest BCUT2D eigenvalue weighted by atomic mass is 10.2. The predicted octanol–water partition coefficient (Wildman–Crippen LogP) is 1.08. The molecule has 0 aliphatic carbocycles. The molecule has 0 radical (unpaired) electrons. The van der Waals surface area contributed by atoms with Crippen LogP contribution in [-0.4, -0.2) is 38.3 Å². The fraction of sp³-hybridized carbons (Fsp3) is 0.583. The molecular formula is C12H18N2O2S. The Morgan fingerprint density at radius 1 is 1.65 bits per heavy atom. The molecule has 2 heterocycles. The van der Waals surface area contributed by atoms with Gasteiger partial charge in [-0.05, 0) is 25.5 Å². The average Bonchev–Trinajstić information content (AvgIpc) is 2.68. The van der Waals surface area contributed by atoms with E-state index in [0.29, 0.717) is 13.2 Å². The van der Waals surface area contributed by atoms with Crippen LogP contribution in [0.3, 0.4) is 0 Å². The van der Waals surface area contributed by atoms with E-state index in [2.05, 4.69) is 10.6 Å². The molecule has 0 aromatic carbocycles. The second-order valence-electron chi connectivity index (χ2n) is 4.29. The highest BCUT2D eigenvalue weighted by molar-refractivity contribution is 7.14. The zero-order valence-electron chi connectivity index (χ0n) is 10.2. The van der Waals surface area contributed by atoms with Crippen molar-refractivity contribution in [1.29, 1.82) is 0 Å². The van der Waals surface area contributed by atoms with Gasteiger partial charge in [0, 0.05) is 24.0 Å². The Kier molecular flexibility index (Phi) is 4.15. The molecule has 1 aliphatic rings. The highest BCUT2D eigenvalue weighted by atomic mass is 32.1. The third kappa shape index (κ3) is 3.28. The van der Waals surface area contributed by atoms with E-state index in [1.807, 2.05) is 19.9 Å². The summed E-state index contributed by atoms with van der Waals surface area (Å²) in [6.45, 7) is 6.97. The Hall–Kier alpha value is -0.910. The number of morpholine rings is 1. The molecule has 5 heteroatoms. The quantitative estimate of drug-likeness (QED) is 0.849. The van der Waals surface area contributed by atoms with Gasteiger partial charge >= 0.3 is 0 Å². The van der Waals surface area contributed by atoms with Crippen molar-refractivity contribution in [3.8, 4) is 0 Å². The van der Waals surface area contributed by atoms with E-state index in [1.54, 1.807) is 11.3 Å². The monoisotopic (exact) mass is 254 g/mol. The van der Waals surface area contributed by atoms with Gasteiger partial charge in [-0.15, -0.1) is 11.3 Å². The summed E-state index contributed by atoms with van der Waals surface area (Å²) in [5.74, 6) is 0.0126. The van der Waals surface area contributed by atoms with Gasteiger partial charge in [-0.3, -0.25) is 4.79 Å². The summed E-state index contributed by atoms with van der Waals surface area (Å²) in [7, 11) is 0. The van der Waals surface area contributed by atoms with Crippen molar-refractivity contribution in [2.75, 3.05) is 26.3 Å². The molecule has 17 heavy (non-hydrogen) atoms. The maximum absolute atomic E-state index is 11.9. The molecule has 1 unspecified atom stereocenters. The van der Waals surface area contributed by atoms with Crippen LogP contribution in [0.4, 0.5) is 0 Å². The number of thiophene rings is 1. The molecule has 0 bridgehead atoms. The Morgan fingerprint density at radius 3 is 3.06 bits per heavy atom. The molecule has 1 amide bonds. The first-order valence-electron chi connectivity index (χ1n) is 5.83. The van der Waals surface area contributed by atoms with Gasteiger partial charge in [-0.1, -0.05) is 0 Å². The highest BCUT2D eigenvalue weighted by Gasteiger charge is 2.15. The standard InChI is InChI=1S/C12H18N2O2S/c1-8-5-11(17-9(8)2)12(15)14-6-10-7-16-4-3-13-10/h5,10,13H,3-4,6-7H2,1-2H3,(H,14,15). The number of carbonyl (C=O) groups is 1. The molecule has 1 atom stereocenters. The summed E-state index contributed by atoms with van der Waals surface area (Å²) < 4.78 is 5.33. The van der Waals surface area contributed by atoms with E-state index in [4.69, 9.17) is 4.74 Å². The first-order valence-corrected chi connectivity index (χ1v) is 6.65. The molecule has 2 N–H and O–H groups in total. The molecule has 4 nitrogen and oxygen atoms in total. The van der Waals surface area contributed by atoms with Gasteiger partial charge in [-0.25, -0.2) is 0 Å². The molecule has 1 aromatic heterocycles. The summed E-state index contributed by atoms with van der Waals surface area (Å²) in [4.78, 5) is 13.9. The minimum atomic E-state index is 0.0126. The van der Waals surface area contributed by atoms with Crippen molar-refractivity contribution < 1.29 is 9.53 Å². The summed E-state index contributed by atoms with van der Waals surface area (Å²) in [6.07, 6.45) is 0. The minimum Gasteiger partial charge on any atom is -0.378 e. The van der Waals surface area contributed by atoms with Gasteiger partial charge in [0.15, 0.2) is 0 Å². The lowest BCUT2D eigenvalue weighted by molar-refractivity contribution is 0.0735. The van der Waals surface area contributed by atoms with Gasteiger partial charge in [0.2, 0.25) is 0 Å². The summed E-state index contributed by atoms with van der Waals surface area (Å²) in [5.41, 5.74) is 1.18. The van der Waals surface area contributed by atoms with E-state index in [0.717, 1.165) is 18.0 Å². The van der Waals surface area contributed by atoms with E-state index in [-0.39, 0.29) is 11.9 Å². The third-order valence-electron chi connectivity index (χ3n) is 2.90.